The first-order valence-corrected chi connectivity index (χ1v) is 9.68. The first kappa shape index (κ1) is 20.8. The summed E-state index contributed by atoms with van der Waals surface area (Å²) < 4.78 is 1.83. The zero-order chi connectivity index (χ0) is 21.2. The second-order valence-electron chi connectivity index (χ2n) is 6.49. The number of hydrogen-bond donors (Lipinski definition) is 3. The Morgan fingerprint density at radius 1 is 1.07 bits per heavy atom. The van der Waals surface area contributed by atoms with Crippen molar-refractivity contribution < 1.29 is 4.92 Å². The molecule has 1 heterocycles. The summed E-state index contributed by atoms with van der Waals surface area (Å²) in [5, 5.41) is 24.8. The standard InChI is InChI=1S/C21H25N7O2/c1-22-21(25-15-14-23-19-5-2-3-6-20(19)28(29)30)24-13-11-17-7-9-18(10-8-17)27-16-4-12-26-27/h2-10,12,16,23H,11,13-15H2,1H3,(H2,22,24,25). The van der Waals surface area contributed by atoms with Gasteiger partial charge in [-0.25, -0.2) is 4.68 Å². The maximum absolute atomic E-state index is 11.0. The minimum absolute atomic E-state index is 0.0681. The number of anilines is 1. The van der Waals surface area contributed by atoms with E-state index < -0.39 is 4.92 Å². The Balaban J connectivity index is 1.38. The molecule has 0 radical (unpaired) electrons. The third-order valence-electron chi connectivity index (χ3n) is 4.47. The Bertz CT molecular complexity index is 969. The molecule has 156 valence electrons. The summed E-state index contributed by atoms with van der Waals surface area (Å²) in [5.74, 6) is 0.688. The van der Waals surface area contributed by atoms with Crippen molar-refractivity contribution in [1.82, 2.24) is 20.4 Å². The highest BCUT2D eigenvalue weighted by Crippen LogP contribution is 2.22. The molecule has 0 fully saturated rings. The maximum Gasteiger partial charge on any atom is 0.292 e. The van der Waals surface area contributed by atoms with Crippen LogP contribution in [0, 0.1) is 10.1 Å². The number of nitro groups is 1. The molecular weight excluding hydrogens is 382 g/mol. The van der Waals surface area contributed by atoms with Gasteiger partial charge in [-0.2, -0.15) is 5.10 Å². The van der Waals surface area contributed by atoms with E-state index in [0.717, 1.165) is 18.7 Å². The van der Waals surface area contributed by atoms with Gasteiger partial charge in [-0.1, -0.05) is 24.3 Å². The van der Waals surface area contributed by atoms with Crippen LogP contribution in [-0.2, 0) is 6.42 Å². The first-order valence-electron chi connectivity index (χ1n) is 9.68. The number of nitrogens with zero attached hydrogens (tertiary/aromatic N) is 4. The van der Waals surface area contributed by atoms with E-state index in [4.69, 9.17) is 0 Å². The highest BCUT2D eigenvalue weighted by atomic mass is 16.6. The second-order valence-corrected chi connectivity index (χ2v) is 6.49. The van der Waals surface area contributed by atoms with Crippen LogP contribution in [0.1, 0.15) is 5.56 Å². The maximum atomic E-state index is 11.0. The highest BCUT2D eigenvalue weighted by molar-refractivity contribution is 5.79. The number of nitro benzene ring substituents is 1. The van der Waals surface area contributed by atoms with Crippen molar-refractivity contribution in [2.45, 2.75) is 6.42 Å². The van der Waals surface area contributed by atoms with Gasteiger partial charge in [-0.05, 0) is 36.2 Å². The number of aliphatic imine (C=N–C) groups is 1. The van der Waals surface area contributed by atoms with E-state index in [1.807, 2.05) is 29.1 Å². The summed E-state index contributed by atoms with van der Waals surface area (Å²) >= 11 is 0. The Labute approximate surface area is 175 Å². The fourth-order valence-electron chi connectivity index (χ4n) is 2.94. The Hall–Kier alpha value is -3.88. The highest BCUT2D eigenvalue weighted by Gasteiger charge is 2.11. The van der Waals surface area contributed by atoms with Gasteiger partial charge >= 0.3 is 0 Å². The third kappa shape index (κ3) is 5.81. The summed E-state index contributed by atoms with van der Waals surface area (Å²) in [4.78, 5) is 14.9. The van der Waals surface area contributed by atoms with E-state index in [-0.39, 0.29) is 5.69 Å². The topological polar surface area (TPSA) is 109 Å². The molecule has 30 heavy (non-hydrogen) atoms. The summed E-state index contributed by atoms with van der Waals surface area (Å²) in [6.07, 6.45) is 4.53. The number of benzene rings is 2. The normalized spacial score (nSPS) is 11.2. The molecular formula is C21H25N7O2. The van der Waals surface area contributed by atoms with E-state index in [1.54, 1.807) is 31.4 Å². The molecule has 0 saturated carbocycles. The van der Waals surface area contributed by atoms with Crippen molar-refractivity contribution in [3.63, 3.8) is 0 Å². The van der Waals surface area contributed by atoms with Gasteiger partial charge in [0.2, 0.25) is 0 Å². The monoisotopic (exact) mass is 407 g/mol. The van der Waals surface area contributed by atoms with Gasteiger partial charge in [0, 0.05) is 45.1 Å². The molecule has 1 aromatic heterocycles. The number of nitrogens with one attached hydrogen (secondary N) is 3. The largest absolute Gasteiger partial charge is 0.378 e. The molecule has 0 saturated heterocycles. The van der Waals surface area contributed by atoms with Crippen molar-refractivity contribution >= 4 is 17.3 Å². The molecule has 0 spiro atoms. The smallest absolute Gasteiger partial charge is 0.292 e. The van der Waals surface area contributed by atoms with Gasteiger partial charge in [-0.3, -0.25) is 15.1 Å². The van der Waals surface area contributed by atoms with Gasteiger partial charge in [0.25, 0.3) is 5.69 Å². The minimum atomic E-state index is -0.391. The van der Waals surface area contributed by atoms with Crippen molar-refractivity contribution in [2.75, 3.05) is 32.0 Å². The lowest BCUT2D eigenvalue weighted by Gasteiger charge is -2.13. The zero-order valence-corrected chi connectivity index (χ0v) is 16.8. The fraction of sp³-hybridized carbons (Fsp3) is 0.238. The van der Waals surface area contributed by atoms with E-state index in [2.05, 4.69) is 38.2 Å². The molecule has 3 rings (SSSR count). The number of guanidine groups is 1. The van der Waals surface area contributed by atoms with Crippen LogP contribution in [0.5, 0.6) is 0 Å². The average Bonchev–Trinajstić information content (AvgIpc) is 3.31. The van der Waals surface area contributed by atoms with Crippen molar-refractivity contribution in [3.8, 4) is 5.69 Å². The molecule has 0 aliphatic carbocycles. The molecule has 3 aromatic rings. The molecule has 0 bridgehead atoms. The predicted octanol–water partition coefficient (Wildman–Crippen LogP) is 2.60. The van der Waals surface area contributed by atoms with Gasteiger partial charge in [0.1, 0.15) is 5.69 Å². The number of rotatable bonds is 9. The molecule has 0 atom stereocenters. The second kappa shape index (κ2) is 10.6. The molecule has 0 aliphatic rings. The summed E-state index contributed by atoms with van der Waals surface area (Å²) in [6.45, 7) is 1.84. The van der Waals surface area contributed by atoms with Crippen LogP contribution in [0.2, 0.25) is 0 Å². The van der Waals surface area contributed by atoms with Crippen LogP contribution in [0.4, 0.5) is 11.4 Å². The summed E-state index contributed by atoms with van der Waals surface area (Å²) in [6, 6.07) is 16.8. The molecule has 0 aliphatic heterocycles. The van der Waals surface area contributed by atoms with Crippen molar-refractivity contribution in [1.29, 1.82) is 0 Å². The van der Waals surface area contributed by atoms with E-state index in [9.17, 15) is 10.1 Å². The number of hydrogen-bond acceptors (Lipinski definition) is 5. The van der Waals surface area contributed by atoms with Crippen molar-refractivity contribution in [3.05, 3.63) is 82.7 Å². The third-order valence-corrected chi connectivity index (χ3v) is 4.47. The van der Waals surface area contributed by atoms with Crippen LogP contribution in [-0.4, -0.2) is 47.3 Å². The van der Waals surface area contributed by atoms with Gasteiger partial charge in [0.05, 0.1) is 10.6 Å². The van der Waals surface area contributed by atoms with E-state index in [1.165, 1.54) is 11.6 Å². The van der Waals surface area contributed by atoms with Crippen LogP contribution in [0.15, 0.2) is 72.0 Å². The van der Waals surface area contributed by atoms with Gasteiger partial charge in [0.15, 0.2) is 5.96 Å². The van der Waals surface area contributed by atoms with Crippen LogP contribution in [0.3, 0.4) is 0 Å². The predicted molar refractivity (Wildman–Crippen MR) is 118 cm³/mol. The summed E-state index contributed by atoms with van der Waals surface area (Å²) in [5.41, 5.74) is 2.82. The number of para-hydroxylation sites is 2. The molecule has 0 unspecified atom stereocenters. The van der Waals surface area contributed by atoms with Crippen LogP contribution < -0.4 is 16.0 Å². The van der Waals surface area contributed by atoms with Crippen LogP contribution in [0.25, 0.3) is 5.69 Å². The molecule has 0 amide bonds. The quantitative estimate of drug-likeness (QED) is 0.165. The van der Waals surface area contributed by atoms with Gasteiger partial charge in [-0.15, -0.1) is 0 Å². The SMILES string of the molecule is CN=C(NCCNc1ccccc1[N+](=O)[O-])NCCc1ccc(-n2cccn2)cc1. The molecule has 3 N–H and O–H groups in total. The Morgan fingerprint density at radius 3 is 2.53 bits per heavy atom. The summed E-state index contributed by atoms with van der Waals surface area (Å²) in [7, 11) is 1.71. The fourth-order valence-corrected chi connectivity index (χ4v) is 2.94. The van der Waals surface area contributed by atoms with Crippen LogP contribution >= 0.6 is 0 Å². The lowest BCUT2D eigenvalue weighted by atomic mass is 10.1. The van der Waals surface area contributed by atoms with Gasteiger partial charge < -0.3 is 16.0 Å². The molecule has 9 nitrogen and oxygen atoms in total. The first-order chi connectivity index (χ1) is 14.7. The lowest BCUT2D eigenvalue weighted by Crippen LogP contribution is -2.40. The lowest BCUT2D eigenvalue weighted by molar-refractivity contribution is -0.384. The van der Waals surface area contributed by atoms with E-state index in [0.29, 0.717) is 24.7 Å². The average molecular weight is 407 g/mol. The molecule has 2 aromatic carbocycles. The zero-order valence-electron chi connectivity index (χ0n) is 16.8. The van der Waals surface area contributed by atoms with Crippen molar-refractivity contribution in [2.24, 2.45) is 4.99 Å². The molecule has 9 heteroatoms. The Kier molecular flexibility index (Phi) is 7.37. The Morgan fingerprint density at radius 2 is 1.83 bits per heavy atom. The van der Waals surface area contributed by atoms with E-state index >= 15 is 0 Å². The number of aromatic nitrogens is 2. The minimum Gasteiger partial charge on any atom is -0.378 e.